The second-order valence-electron chi connectivity index (χ2n) is 6.46. The molecule has 1 aromatic heterocycles. The number of esters is 2. The van der Waals surface area contributed by atoms with E-state index >= 15 is 0 Å². The maximum Gasteiger partial charge on any atom is 0.339 e. The molecule has 0 aliphatic carbocycles. The molecule has 0 bridgehead atoms. The van der Waals surface area contributed by atoms with E-state index in [0.717, 1.165) is 5.75 Å². The monoisotopic (exact) mass is 441 g/mol. The maximum atomic E-state index is 12.6. The fourth-order valence-corrected chi connectivity index (χ4v) is 3.26. The molecule has 2 unspecified atom stereocenters. The zero-order valence-electron chi connectivity index (χ0n) is 17.3. The summed E-state index contributed by atoms with van der Waals surface area (Å²) in [5, 5.41) is 2.73. The minimum Gasteiger partial charge on any atom is -0.489 e. The smallest absolute Gasteiger partial charge is 0.339 e. The molecule has 2 amide bonds. The van der Waals surface area contributed by atoms with Gasteiger partial charge in [0.05, 0.1) is 39.1 Å². The number of urea groups is 1. The number of thioether (sulfide) groups is 1. The maximum absolute atomic E-state index is 12.6. The van der Waals surface area contributed by atoms with Gasteiger partial charge in [-0.2, -0.15) is 11.8 Å². The van der Waals surface area contributed by atoms with Crippen LogP contribution in [-0.2, 0) is 19.0 Å². The van der Waals surface area contributed by atoms with Gasteiger partial charge in [0, 0.05) is 12.7 Å². The number of nitrogens with one attached hydrogen (secondary N) is 1. The summed E-state index contributed by atoms with van der Waals surface area (Å²) in [5.41, 5.74) is 0.277. The topological polar surface area (TPSA) is 116 Å². The highest BCUT2D eigenvalue weighted by Gasteiger charge is 2.28. The zero-order valence-corrected chi connectivity index (χ0v) is 18.1. The lowest BCUT2D eigenvalue weighted by atomic mass is 10.2. The van der Waals surface area contributed by atoms with Crippen LogP contribution in [0.1, 0.15) is 16.8 Å². The van der Waals surface area contributed by atoms with Crippen molar-refractivity contribution >= 4 is 29.7 Å². The average molecular weight is 442 g/mol. The second-order valence-corrected chi connectivity index (χ2v) is 7.44. The van der Waals surface area contributed by atoms with Gasteiger partial charge in [-0.25, -0.2) is 14.4 Å². The summed E-state index contributed by atoms with van der Waals surface area (Å²) < 4.78 is 20.8. The SMILES string of the molecule is COC(=O)c1cncc(OCC2CN(C(=O)NC(CCSC)C(=O)OC)CCO2)c1. The number of rotatable bonds is 9. The fourth-order valence-electron chi connectivity index (χ4n) is 2.79. The van der Waals surface area contributed by atoms with Crippen molar-refractivity contribution in [1.29, 1.82) is 0 Å². The Kier molecular flexibility index (Phi) is 9.68. The van der Waals surface area contributed by atoms with E-state index in [1.165, 1.54) is 32.7 Å². The van der Waals surface area contributed by atoms with Crippen molar-refractivity contribution in [2.45, 2.75) is 18.6 Å². The molecule has 2 rings (SSSR count). The third kappa shape index (κ3) is 7.06. The van der Waals surface area contributed by atoms with Crippen molar-refractivity contribution in [2.75, 3.05) is 52.5 Å². The van der Waals surface area contributed by atoms with Crippen LogP contribution in [0.25, 0.3) is 0 Å². The van der Waals surface area contributed by atoms with E-state index in [4.69, 9.17) is 14.2 Å². The number of aromatic nitrogens is 1. The minimum absolute atomic E-state index is 0.170. The Bertz CT molecular complexity index is 734. The molecule has 166 valence electrons. The lowest BCUT2D eigenvalue weighted by molar-refractivity contribution is -0.143. The highest BCUT2D eigenvalue weighted by molar-refractivity contribution is 7.98. The van der Waals surface area contributed by atoms with E-state index in [0.29, 0.717) is 31.9 Å². The van der Waals surface area contributed by atoms with Gasteiger partial charge in [0.25, 0.3) is 0 Å². The highest BCUT2D eigenvalue weighted by atomic mass is 32.2. The van der Waals surface area contributed by atoms with Crippen LogP contribution in [0.4, 0.5) is 4.79 Å². The number of methoxy groups -OCH3 is 2. The van der Waals surface area contributed by atoms with Crippen LogP contribution >= 0.6 is 11.8 Å². The molecule has 0 saturated carbocycles. The first-order valence-electron chi connectivity index (χ1n) is 9.38. The van der Waals surface area contributed by atoms with Crippen molar-refractivity contribution in [2.24, 2.45) is 0 Å². The van der Waals surface area contributed by atoms with Gasteiger partial charge in [-0.1, -0.05) is 0 Å². The molecule has 2 atom stereocenters. The van der Waals surface area contributed by atoms with Crippen LogP contribution in [0.2, 0.25) is 0 Å². The van der Waals surface area contributed by atoms with E-state index in [2.05, 4.69) is 15.0 Å². The summed E-state index contributed by atoms with van der Waals surface area (Å²) in [4.78, 5) is 41.6. The van der Waals surface area contributed by atoms with E-state index in [9.17, 15) is 14.4 Å². The number of ether oxygens (including phenoxy) is 4. The van der Waals surface area contributed by atoms with Gasteiger partial charge in [-0.05, 0) is 24.5 Å². The predicted octanol–water partition coefficient (Wildman–Crippen LogP) is 0.952. The third-order valence-electron chi connectivity index (χ3n) is 4.39. The van der Waals surface area contributed by atoms with Gasteiger partial charge in [0.2, 0.25) is 0 Å². The Morgan fingerprint density at radius 1 is 1.33 bits per heavy atom. The quantitative estimate of drug-likeness (QED) is 0.559. The number of hydrogen-bond donors (Lipinski definition) is 1. The normalized spacial score (nSPS) is 17.0. The Balaban J connectivity index is 1.89. The summed E-state index contributed by atoms with van der Waals surface area (Å²) in [7, 11) is 2.59. The van der Waals surface area contributed by atoms with E-state index in [1.807, 2.05) is 6.26 Å². The standard InChI is InChI=1S/C19H27N3O7S/c1-26-17(23)13-8-14(10-20-9-13)29-12-15-11-22(5-6-28-15)19(25)21-16(4-7-30-3)18(24)27-2/h8-10,15-16H,4-7,11-12H2,1-3H3,(H,21,25). The molecule has 1 aliphatic rings. The van der Waals surface area contributed by atoms with Crippen LogP contribution in [0, 0.1) is 0 Å². The van der Waals surface area contributed by atoms with Crippen LogP contribution < -0.4 is 10.1 Å². The number of nitrogens with zero attached hydrogens (tertiary/aromatic N) is 2. The van der Waals surface area contributed by atoms with Crippen molar-refractivity contribution in [3.8, 4) is 5.75 Å². The zero-order chi connectivity index (χ0) is 21.9. The lowest BCUT2D eigenvalue weighted by Gasteiger charge is -2.33. The van der Waals surface area contributed by atoms with E-state index < -0.39 is 18.0 Å². The molecule has 1 aliphatic heterocycles. The van der Waals surface area contributed by atoms with Gasteiger partial charge in [0.1, 0.15) is 24.5 Å². The Hall–Kier alpha value is -2.53. The molecule has 10 nitrogen and oxygen atoms in total. The first-order chi connectivity index (χ1) is 14.5. The Morgan fingerprint density at radius 2 is 2.13 bits per heavy atom. The van der Waals surface area contributed by atoms with Crippen molar-refractivity contribution in [3.63, 3.8) is 0 Å². The van der Waals surface area contributed by atoms with Gasteiger partial charge in [-0.15, -0.1) is 0 Å². The molecule has 1 fully saturated rings. The van der Waals surface area contributed by atoms with Crippen LogP contribution in [0.5, 0.6) is 5.75 Å². The molecule has 11 heteroatoms. The molecule has 2 heterocycles. The van der Waals surface area contributed by atoms with E-state index in [1.54, 1.807) is 16.7 Å². The molecule has 30 heavy (non-hydrogen) atoms. The number of hydrogen-bond acceptors (Lipinski definition) is 9. The number of carbonyl (C=O) groups excluding carboxylic acids is 3. The van der Waals surface area contributed by atoms with Gasteiger partial charge in [-0.3, -0.25) is 4.98 Å². The molecule has 0 spiro atoms. The fraction of sp³-hybridized carbons (Fsp3) is 0.579. The lowest BCUT2D eigenvalue weighted by Crippen LogP contribution is -2.54. The molecule has 1 aromatic rings. The van der Waals surface area contributed by atoms with Crippen molar-refractivity contribution in [3.05, 3.63) is 24.0 Å². The number of pyridine rings is 1. The Labute approximate surface area is 179 Å². The number of amides is 2. The van der Waals surface area contributed by atoms with Gasteiger partial charge < -0.3 is 29.2 Å². The van der Waals surface area contributed by atoms with Crippen molar-refractivity contribution < 1.29 is 33.3 Å². The third-order valence-corrected chi connectivity index (χ3v) is 5.03. The Morgan fingerprint density at radius 3 is 2.83 bits per heavy atom. The van der Waals surface area contributed by atoms with Crippen LogP contribution in [0.3, 0.4) is 0 Å². The summed E-state index contributed by atoms with van der Waals surface area (Å²) in [6.45, 7) is 1.21. The predicted molar refractivity (Wildman–Crippen MR) is 110 cm³/mol. The van der Waals surface area contributed by atoms with Gasteiger partial charge >= 0.3 is 18.0 Å². The molecule has 1 N–H and O–H groups in total. The van der Waals surface area contributed by atoms with Crippen LogP contribution in [0.15, 0.2) is 18.5 Å². The summed E-state index contributed by atoms with van der Waals surface area (Å²) in [6.07, 6.45) is 4.91. The largest absolute Gasteiger partial charge is 0.489 e. The summed E-state index contributed by atoms with van der Waals surface area (Å²) in [6, 6.07) is 0.479. The van der Waals surface area contributed by atoms with Crippen molar-refractivity contribution in [1.82, 2.24) is 15.2 Å². The minimum atomic E-state index is -0.695. The average Bonchev–Trinajstić information content (AvgIpc) is 2.79. The second kappa shape index (κ2) is 12.2. The number of carbonyl (C=O) groups is 3. The molecular formula is C19H27N3O7S. The van der Waals surface area contributed by atoms with Gasteiger partial charge in [0.15, 0.2) is 0 Å². The van der Waals surface area contributed by atoms with Crippen LogP contribution in [-0.4, -0.2) is 92.5 Å². The molecule has 0 radical (unpaired) electrons. The summed E-state index contributed by atoms with van der Waals surface area (Å²) in [5.74, 6) is 0.138. The molecule has 1 saturated heterocycles. The first kappa shape index (κ1) is 23.7. The summed E-state index contributed by atoms with van der Waals surface area (Å²) >= 11 is 1.59. The first-order valence-corrected chi connectivity index (χ1v) is 10.8. The molecule has 0 aromatic carbocycles. The number of morpholine rings is 1. The van der Waals surface area contributed by atoms with E-state index in [-0.39, 0.29) is 24.3 Å². The highest BCUT2D eigenvalue weighted by Crippen LogP contribution is 2.14. The molecular weight excluding hydrogens is 414 g/mol.